The first kappa shape index (κ1) is 16.1. The van der Waals surface area contributed by atoms with Crippen molar-refractivity contribution < 1.29 is 8.42 Å². The number of pyridine rings is 1. The van der Waals surface area contributed by atoms with E-state index in [1.54, 1.807) is 12.3 Å². The average molecular weight is 331 g/mol. The summed E-state index contributed by atoms with van der Waals surface area (Å²) in [5.41, 5.74) is 3.05. The molecule has 122 valence electrons. The zero-order chi connectivity index (χ0) is 16.4. The van der Waals surface area contributed by atoms with Crippen LogP contribution in [0.25, 0.3) is 0 Å². The van der Waals surface area contributed by atoms with Gasteiger partial charge in [-0.05, 0) is 49.7 Å². The van der Waals surface area contributed by atoms with E-state index in [0.29, 0.717) is 4.90 Å². The fourth-order valence-corrected chi connectivity index (χ4v) is 4.13. The predicted molar refractivity (Wildman–Crippen MR) is 89.5 cm³/mol. The summed E-state index contributed by atoms with van der Waals surface area (Å²) >= 11 is 0. The van der Waals surface area contributed by atoms with Crippen molar-refractivity contribution in [1.82, 2.24) is 14.6 Å². The highest BCUT2D eigenvalue weighted by atomic mass is 32.2. The highest BCUT2D eigenvalue weighted by molar-refractivity contribution is 7.89. The molecule has 1 aromatic carbocycles. The molecule has 3 rings (SSSR count). The SMILES string of the molecule is CNS(=O)(=O)c1cccc2c1CCN(C(C)c1ccccn1)C2. The Morgan fingerprint density at radius 3 is 2.74 bits per heavy atom. The lowest BCUT2D eigenvalue weighted by atomic mass is 9.98. The van der Waals surface area contributed by atoms with E-state index in [-0.39, 0.29) is 6.04 Å². The van der Waals surface area contributed by atoms with Crippen LogP contribution < -0.4 is 4.72 Å². The summed E-state index contributed by atoms with van der Waals surface area (Å²) in [6, 6.07) is 11.7. The summed E-state index contributed by atoms with van der Waals surface area (Å²) in [5, 5.41) is 0. The van der Waals surface area contributed by atoms with Gasteiger partial charge in [0.25, 0.3) is 0 Å². The second kappa shape index (κ2) is 6.39. The van der Waals surface area contributed by atoms with E-state index in [4.69, 9.17) is 0 Å². The monoisotopic (exact) mass is 331 g/mol. The molecule has 1 aromatic heterocycles. The minimum absolute atomic E-state index is 0.203. The second-order valence-corrected chi connectivity index (χ2v) is 7.61. The molecule has 1 atom stereocenters. The van der Waals surface area contributed by atoms with Gasteiger partial charge in [-0.2, -0.15) is 0 Å². The van der Waals surface area contributed by atoms with Gasteiger partial charge in [0.05, 0.1) is 10.6 Å². The topological polar surface area (TPSA) is 62.3 Å². The molecule has 5 nitrogen and oxygen atoms in total. The quantitative estimate of drug-likeness (QED) is 0.932. The van der Waals surface area contributed by atoms with Gasteiger partial charge in [-0.25, -0.2) is 13.1 Å². The van der Waals surface area contributed by atoms with Crippen molar-refractivity contribution in [3.8, 4) is 0 Å². The molecular formula is C17H21N3O2S. The van der Waals surface area contributed by atoms with Gasteiger partial charge in [0, 0.05) is 25.3 Å². The standard InChI is InChI=1S/C17H21N3O2S/c1-13(16-7-3-4-10-19-16)20-11-9-15-14(12-20)6-5-8-17(15)23(21,22)18-2/h3-8,10,13,18H,9,11-12H2,1-2H3. The molecule has 0 saturated heterocycles. The average Bonchev–Trinajstić information content (AvgIpc) is 2.60. The molecule has 0 fully saturated rings. The van der Waals surface area contributed by atoms with Crippen LogP contribution in [-0.4, -0.2) is 31.9 Å². The molecule has 0 amide bonds. The summed E-state index contributed by atoms with van der Waals surface area (Å²) in [6.07, 6.45) is 2.53. The number of nitrogens with zero attached hydrogens (tertiary/aromatic N) is 2. The summed E-state index contributed by atoms with van der Waals surface area (Å²) in [4.78, 5) is 7.17. The zero-order valence-electron chi connectivity index (χ0n) is 13.4. The fraction of sp³-hybridized carbons (Fsp3) is 0.353. The van der Waals surface area contributed by atoms with Crippen LogP contribution in [0.3, 0.4) is 0 Å². The van der Waals surface area contributed by atoms with Crippen molar-refractivity contribution in [3.63, 3.8) is 0 Å². The second-order valence-electron chi connectivity index (χ2n) is 5.75. The first-order valence-electron chi connectivity index (χ1n) is 7.72. The molecule has 2 heterocycles. The third-order valence-electron chi connectivity index (χ3n) is 4.47. The van der Waals surface area contributed by atoms with Crippen LogP contribution in [0.2, 0.25) is 0 Å². The van der Waals surface area contributed by atoms with Gasteiger partial charge >= 0.3 is 0 Å². The molecule has 0 spiro atoms. The Bertz CT molecular complexity index is 791. The first-order valence-corrected chi connectivity index (χ1v) is 9.20. The van der Waals surface area contributed by atoms with Crippen LogP contribution in [0.4, 0.5) is 0 Å². The van der Waals surface area contributed by atoms with E-state index < -0.39 is 10.0 Å². The molecule has 23 heavy (non-hydrogen) atoms. The summed E-state index contributed by atoms with van der Waals surface area (Å²) < 4.78 is 26.8. The number of nitrogens with one attached hydrogen (secondary N) is 1. The molecule has 1 aliphatic heterocycles. The Balaban J connectivity index is 1.89. The van der Waals surface area contributed by atoms with Gasteiger partial charge in [0.15, 0.2) is 0 Å². The summed E-state index contributed by atoms with van der Waals surface area (Å²) in [7, 11) is -1.96. The minimum atomic E-state index is -3.41. The molecule has 1 aliphatic rings. The predicted octanol–water partition coefficient (Wildman–Crippen LogP) is 2.11. The molecule has 1 unspecified atom stereocenters. The maximum absolute atomic E-state index is 12.2. The van der Waals surface area contributed by atoms with Gasteiger partial charge in [0.1, 0.15) is 0 Å². The highest BCUT2D eigenvalue weighted by Gasteiger charge is 2.26. The lowest BCUT2D eigenvalue weighted by molar-refractivity contribution is 0.188. The molecule has 0 aliphatic carbocycles. The molecule has 0 saturated carbocycles. The number of benzene rings is 1. The summed E-state index contributed by atoms with van der Waals surface area (Å²) in [6.45, 7) is 3.70. The minimum Gasteiger partial charge on any atom is -0.290 e. The third-order valence-corrected chi connectivity index (χ3v) is 5.97. The lowest BCUT2D eigenvalue weighted by Gasteiger charge is -2.34. The molecule has 2 aromatic rings. The number of fused-ring (bicyclic) bond motifs is 1. The lowest BCUT2D eigenvalue weighted by Crippen LogP contribution is -2.34. The number of sulfonamides is 1. The van der Waals surface area contributed by atoms with Crippen molar-refractivity contribution in [3.05, 3.63) is 59.4 Å². The van der Waals surface area contributed by atoms with Gasteiger partial charge < -0.3 is 0 Å². The maximum Gasteiger partial charge on any atom is 0.240 e. The number of hydrogen-bond acceptors (Lipinski definition) is 4. The first-order chi connectivity index (χ1) is 11.0. The molecule has 0 radical (unpaired) electrons. The Morgan fingerprint density at radius 1 is 1.22 bits per heavy atom. The molecule has 6 heteroatoms. The molecule has 1 N–H and O–H groups in total. The van der Waals surface area contributed by atoms with Gasteiger partial charge in [-0.15, -0.1) is 0 Å². The van der Waals surface area contributed by atoms with E-state index in [1.165, 1.54) is 7.05 Å². The smallest absolute Gasteiger partial charge is 0.240 e. The van der Waals surface area contributed by atoms with Crippen molar-refractivity contribution in [2.24, 2.45) is 0 Å². The van der Waals surface area contributed by atoms with Crippen molar-refractivity contribution in [1.29, 1.82) is 0 Å². The van der Waals surface area contributed by atoms with E-state index in [2.05, 4.69) is 21.5 Å². The molecular weight excluding hydrogens is 310 g/mol. The summed E-state index contributed by atoms with van der Waals surface area (Å²) in [5.74, 6) is 0. The van der Waals surface area contributed by atoms with Crippen LogP contribution in [0.15, 0.2) is 47.5 Å². The van der Waals surface area contributed by atoms with Crippen molar-refractivity contribution in [2.75, 3.05) is 13.6 Å². The van der Waals surface area contributed by atoms with Crippen molar-refractivity contribution in [2.45, 2.75) is 30.8 Å². The Morgan fingerprint density at radius 2 is 2.04 bits per heavy atom. The van der Waals surface area contributed by atoms with Gasteiger partial charge in [0.2, 0.25) is 10.0 Å². The van der Waals surface area contributed by atoms with E-state index in [1.807, 2.05) is 30.3 Å². The van der Waals surface area contributed by atoms with Crippen LogP contribution in [-0.2, 0) is 23.0 Å². The highest BCUT2D eigenvalue weighted by Crippen LogP contribution is 2.30. The Labute approximate surface area is 137 Å². The Hall–Kier alpha value is -1.76. The van der Waals surface area contributed by atoms with Crippen molar-refractivity contribution >= 4 is 10.0 Å². The third kappa shape index (κ3) is 3.15. The van der Waals surface area contributed by atoms with Crippen LogP contribution in [0.1, 0.15) is 29.8 Å². The maximum atomic E-state index is 12.2. The normalized spacial score (nSPS) is 16.8. The largest absolute Gasteiger partial charge is 0.290 e. The van der Waals surface area contributed by atoms with Gasteiger partial charge in [-0.3, -0.25) is 9.88 Å². The van der Waals surface area contributed by atoms with E-state index in [9.17, 15) is 8.42 Å². The Kier molecular flexibility index (Phi) is 4.48. The number of rotatable bonds is 4. The van der Waals surface area contributed by atoms with Crippen LogP contribution in [0.5, 0.6) is 0 Å². The molecule has 0 bridgehead atoms. The zero-order valence-corrected chi connectivity index (χ0v) is 14.2. The van der Waals surface area contributed by atoms with Crippen LogP contribution >= 0.6 is 0 Å². The fourth-order valence-electron chi connectivity index (χ4n) is 3.10. The van der Waals surface area contributed by atoms with Crippen LogP contribution in [0, 0.1) is 0 Å². The van der Waals surface area contributed by atoms with Gasteiger partial charge in [-0.1, -0.05) is 18.2 Å². The van der Waals surface area contributed by atoms with E-state index >= 15 is 0 Å². The number of hydrogen-bond donors (Lipinski definition) is 1. The van der Waals surface area contributed by atoms with E-state index in [0.717, 1.165) is 36.3 Å². The number of aromatic nitrogens is 1.